The average molecular weight is 101 g/mol. The first-order chi connectivity index (χ1) is 3.39. The highest BCUT2D eigenvalue weighted by atomic mass is 16.5. The van der Waals surface area contributed by atoms with E-state index in [1.54, 1.807) is 0 Å². The van der Waals surface area contributed by atoms with Crippen molar-refractivity contribution in [1.82, 2.24) is 5.32 Å². The lowest BCUT2D eigenvalue weighted by Gasteiger charge is -2.18. The van der Waals surface area contributed by atoms with Crippen LogP contribution in [0.5, 0.6) is 0 Å². The zero-order valence-corrected chi connectivity index (χ0v) is 4.61. The molecule has 0 bridgehead atoms. The third-order valence-corrected chi connectivity index (χ3v) is 1.20. The van der Waals surface area contributed by atoms with Gasteiger partial charge in [0.1, 0.15) is 0 Å². The minimum absolute atomic E-state index is 0.473. The van der Waals surface area contributed by atoms with Crippen molar-refractivity contribution in [3.05, 3.63) is 0 Å². The molecule has 1 rings (SSSR count). The van der Waals surface area contributed by atoms with E-state index >= 15 is 0 Å². The molecule has 0 saturated carbocycles. The lowest BCUT2D eigenvalue weighted by molar-refractivity contribution is 0.0193. The molecule has 0 aromatic carbocycles. The highest BCUT2D eigenvalue weighted by Gasteiger charge is 2.04. The van der Waals surface area contributed by atoms with Crippen LogP contribution in [0.2, 0.25) is 0 Å². The van der Waals surface area contributed by atoms with Crippen LogP contribution in [0, 0.1) is 0 Å². The Hall–Kier alpha value is -0.0800. The van der Waals surface area contributed by atoms with Gasteiger partial charge in [0, 0.05) is 0 Å². The lowest BCUT2D eigenvalue weighted by Crippen LogP contribution is -2.31. The van der Waals surface area contributed by atoms with Crippen molar-refractivity contribution >= 4 is 0 Å². The van der Waals surface area contributed by atoms with Gasteiger partial charge in [-0.15, -0.1) is 0 Å². The van der Waals surface area contributed by atoms with E-state index in [1.165, 1.54) is 0 Å². The summed E-state index contributed by atoms with van der Waals surface area (Å²) in [5, 5.41) is 3.09. The molecule has 7 heavy (non-hydrogen) atoms. The second-order valence-corrected chi connectivity index (χ2v) is 1.91. The topological polar surface area (TPSA) is 21.3 Å². The van der Waals surface area contributed by atoms with Gasteiger partial charge in [0.05, 0.1) is 12.8 Å². The van der Waals surface area contributed by atoms with Crippen LogP contribution in [0.15, 0.2) is 0 Å². The maximum absolute atomic E-state index is 5.17. The Morgan fingerprint density at radius 3 is 2.86 bits per heavy atom. The Bertz CT molecular complexity index is 50.0. The fraction of sp³-hybridized carbons (Fsp3) is 1.00. The highest BCUT2D eigenvalue weighted by Crippen LogP contribution is 1.98. The van der Waals surface area contributed by atoms with Crippen LogP contribution in [0.1, 0.15) is 13.3 Å². The maximum atomic E-state index is 5.17. The van der Waals surface area contributed by atoms with Crippen LogP contribution in [0.3, 0.4) is 0 Å². The Labute approximate surface area is 43.9 Å². The van der Waals surface area contributed by atoms with E-state index in [2.05, 4.69) is 12.2 Å². The van der Waals surface area contributed by atoms with Gasteiger partial charge in [0.25, 0.3) is 0 Å². The predicted octanol–water partition coefficient (Wildman–Crippen LogP) is 0.342. The van der Waals surface area contributed by atoms with Crippen molar-refractivity contribution < 1.29 is 4.74 Å². The second kappa shape index (κ2) is 2.28. The van der Waals surface area contributed by atoms with Crippen LogP contribution in [-0.2, 0) is 4.74 Å². The third kappa shape index (κ3) is 1.45. The first kappa shape index (κ1) is 5.06. The molecular weight excluding hydrogens is 90.1 g/mol. The number of rotatable bonds is 0. The van der Waals surface area contributed by atoms with Gasteiger partial charge in [0.15, 0.2) is 0 Å². The molecule has 0 aromatic rings. The summed E-state index contributed by atoms with van der Waals surface area (Å²) < 4.78 is 5.17. The van der Waals surface area contributed by atoms with Crippen molar-refractivity contribution in [3.8, 4) is 0 Å². The van der Waals surface area contributed by atoms with Gasteiger partial charge in [-0.3, -0.25) is 5.32 Å². The van der Waals surface area contributed by atoms with E-state index in [1.807, 2.05) is 0 Å². The molecule has 1 saturated heterocycles. The zero-order valence-electron chi connectivity index (χ0n) is 4.61. The summed E-state index contributed by atoms with van der Waals surface area (Å²) in [6.45, 7) is 3.95. The molecule has 1 heterocycles. The van der Waals surface area contributed by atoms with Gasteiger partial charge < -0.3 is 4.74 Å². The molecule has 0 aliphatic carbocycles. The predicted molar refractivity (Wildman–Crippen MR) is 28.0 cm³/mol. The Morgan fingerprint density at radius 2 is 2.57 bits per heavy atom. The van der Waals surface area contributed by atoms with E-state index in [4.69, 9.17) is 4.74 Å². The number of ether oxygens (including phenoxy) is 1. The van der Waals surface area contributed by atoms with E-state index in [9.17, 15) is 0 Å². The molecule has 0 spiro atoms. The minimum atomic E-state index is 0.473. The van der Waals surface area contributed by atoms with Crippen LogP contribution in [-0.4, -0.2) is 19.4 Å². The van der Waals surface area contributed by atoms with Crippen molar-refractivity contribution in [2.45, 2.75) is 19.4 Å². The van der Waals surface area contributed by atoms with Crippen molar-refractivity contribution in [3.63, 3.8) is 0 Å². The number of hydrogen-bond donors (Lipinski definition) is 1. The Balaban J connectivity index is 2.12. The van der Waals surface area contributed by atoms with Crippen molar-refractivity contribution in [2.24, 2.45) is 0 Å². The fourth-order valence-corrected chi connectivity index (χ4v) is 0.662. The SMILES string of the molecule is CC1CCNCO1. The molecule has 42 valence electrons. The normalized spacial score (nSPS) is 33.0. The van der Waals surface area contributed by atoms with Crippen LogP contribution in [0.25, 0.3) is 0 Å². The van der Waals surface area contributed by atoms with E-state index < -0.39 is 0 Å². The Kier molecular flexibility index (Phi) is 1.65. The van der Waals surface area contributed by atoms with Gasteiger partial charge in [-0.2, -0.15) is 0 Å². The highest BCUT2D eigenvalue weighted by molar-refractivity contribution is 4.56. The summed E-state index contributed by atoms with van der Waals surface area (Å²) in [5.74, 6) is 0. The van der Waals surface area contributed by atoms with Crippen LogP contribution in [0.4, 0.5) is 0 Å². The van der Waals surface area contributed by atoms with E-state index in [0.717, 1.165) is 19.7 Å². The molecule has 0 aromatic heterocycles. The smallest absolute Gasteiger partial charge is 0.0968 e. The van der Waals surface area contributed by atoms with Gasteiger partial charge in [-0.05, 0) is 19.9 Å². The molecular formula is C5H11NO. The standard InChI is InChI=1S/C5H11NO/c1-5-2-3-6-4-7-5/h5-6H,2-4H2,1H3. The monoisotopic (exact) mass is 101 g/mol. The van der Waals surface area contributed by atoms with Gasteiger partial charge in [-0.25, -0.2) is 0 Å². The third-order valence-electron chi connectivity index (χ3n) is 1.20. The quantitative estimate of drug-likeness (QED) is 0.475. The fourth-order valence-electron chi connectivity index (χ4n) is 0.662. The van der Waals surface area contributed by atoms with Gasteiger partial charge in [0.2, 0.25) is 0 Å². The van der Waals surface area contributed by atoms with Crippen molar-refractivity contribution in [2.75, 3.05) is 13.3 Å². The molecule has 2 nitrogen and oxygen atoms in total. The Morgan fingerprint density at radius 1 is 1.71 bits per heavy atom. The number of nitrogens with one attached hydrogen (secondary N) is 1. The lowest BCUT2D eigenvalue weighted by atomic mass is 10.3. The minimum Gasteiger partial charge on any atom is -0.363 e. The molecule has 1 atom stereocenters. The van der Waals surface area contributed by atoms with Crippen molar-refractivity contribution in [1.29, 1.82) is 0 Å². The summed E-state index contributed by atoms with van der Waals surface area (Å²) in [6.07, 6.45) is 1.63. The molecule has 1 aliphatic rings. The van der Waals surface area contributed by atoms with E-state index in [-0.39, 0.29) is 0 Å². The molecule has 1 N–H and O–H groups in total. The summed E-state index contributed by atoms with van der Waals surface area (Å²) in [4.78, 5) is 0. The van der Waals surface area contributed by atoms with Gasteiger partial charge in [-0.1, -0.05) is 0 Å². The van der Waals surface area contributed by atoms with Crippen LogP contribution >= 0.6 is 0 Å². The molecule has 1 unspecified atom stereocenters. The maximum Gasteiger partial charge on any atom is 0.0968 e. The van der Waals surface area contributed by atoms with E-state index in [0.29, 0.717) is 6.10 Å². The summed E-state index contributed by atoms with van der Waals surface area (Å²) in [7, 11) is 0. The summed E-state index contributed by atoms with van der Waals surface area (Å²) >= 11 is 0. The van der Waals surface area contributed by atoms with Crippen LogP contribution < -0.4 is 5.32 Å². The molecule has 1 aliphatic heterocycles. The first-order valence-corrected chi connectivity index (χ1v) is 2.72. The first-order valence-electron chi connectivity index (χ1n) is 2.72. The second-order valence-electron chi connectivity index (χ2n) is 1.91. The van der Waals surface area contributed by atoms with Gasteiger partial charge >= 0.3 is 0 Å². The largest absolute Gasteiger partial charge is 0.363 e. The average Bonchev–Trinajstić information content (AvgIpc) is 1.69. The summed E-state index contributed by atoms with van der Waals surface area (Å²) in [6, 6.07) is 0. The molecule has 2 heteroatoms. The zero-order chi connectivity index (χ0) is 5.11. The molecule has 0 amide bonds. The molecule has 1 fully saturated rings. The molecule has 0 radical (unpaired) electrons. The summed E-state index contributed by atoms with van der Waals surface area (Å²) in [5.41, 5.74) is 0. The number of hydrogen-bond acceptors (Lipinski definition) is 2.